The molecule has 2 aromatic rings. The number of amides is 1. The van der Waals surface area contributed by atoms with Crippen LogP contribution in [0.25, 0.3) is 0 Å². The molecule has 0 fully saturated rings. The zero-order valence-corrected chi connectivity index (χ0v) is 13.1. The molecule has 7 nitrogen and oxygen atoms in total. The summed E-state index contributed by atoms with van der Waals surface area (Å²) in [7, 11) is 0. The van der Waals surface area contributed by atoms with Gasteiger partial charge in [-0.15, -0.1) is 0 Å². The summed E-state index contributed by atoms with van der Waals surface area (Å²) in [5.41, 5.74) is 7.01. The van der Waals surface area contributed by atoms with Gasteiger partial charge in [0.2, 0.25) is 5.91 Å². The maximum atomic E-state index is 11.4. The lowest BCUT2D eigenvalue weighted by Crippen LogP contribution is -2.19. The monoisotopic (exact) mass is 324 g/mol. The van der Waals surface area contributed by atoms with Gasteiger partial charge in [-0.05, 0) is 42.7 Å². The standard InChI is InChI=1S/C17H16N4O3/c1-11(19-20-14-3-2-4-15(10-14)21(23)24)12-5-7-16-13(9-12)6-8-17(22)18-16/h2-5,7,9-10,20H,6,8H2,1H3,(H,18,22). The van der Waals surface area contributed by atoms with Crippen molar-refractivity contribution in [2.24, 2.45) is 5.10 Å². The SMILES string of the molecule is CC(=NNc1cccc([N+](=O)[O-])c1)c1ccc2c(c1)CCC(=O)N2. The third kappa shape index (κ3) is 3.40. The molecule has 122 valence electrons. The largest absolute Gasteiger partial charge is 0.326 e. The number of hydrogen-bond acceptors (Lipinski definition) is 5. The molecule has 0 spiro atoms. The van der Waals surface area contributed by atoms with Crippen LogP contribution in [-0.2, 0) is 11.2 Å². The van der Waals surface area contributed by atoms with Gasteiger partial charge in [-0.3, -0.25) is 20.3 Å². The second kappa shape index (κ2) is 6.49. The molecular formula is C17H16N4O3. The van der Waals surface area contributed by atoms with Gasteiger partial charge in [-0.25, -0.2) is 0 Å². The molecule has 0 bridgehead atoms. The van der Waals surface area contributed by atoms with E-state index < -0.39 is 4.92 Å². The first-order chi connectivity index (χ1) is 11.5. The van der Waals surface area contributed by atoms with E-state index in [4.69, 9.17) is 0 Å². The molecule has 3 rings (SSSR count). The van der Waals surface area contributed by atoms with Gasteiger partial charge in [0.15, 0.2) is 0 Å². The number of nitrogens with one attached hydrogen (secondary N) is 2. The first-order valence-electron chi connectivity index (χ1n) is 7.51. The molecule has 1 aliphatic heterocycles. The van der Waals surface area contributed by atoms with Crippen molar-refractivity contribution in [3.8, 4) is 0 Å². The van der Waals surface area contributed by atoms with Crippen molar-refractivity contribution in [2.45, 2.75) is 19.8 Å². The minimum absolute atomic E-state index is 0.0115. The lowest BCUT2D eigenvalue weighted by Gasteiger charge is -2.17. The Bertz CT molecular complexity index is 845. The average Bonchev–Trinajstić information content (AvgIpc) is 2.59. The topological polar surface area (TPSA) is 96.6 Å². The zero-order valence-electron chi connectivity index (χ0n) is 13.1. The van der Waals surface area contributed by atoms with Gasteiger partial charge in [0.25, 0.3) is 5.69 Å². The number of benzene rings is 2. The first-order valence-corrected chi connectivity index (χ1v) is 7.51. The van der Waals surface area contributed by atoms with Crippen molar-refractivity contribution in [1.29, 1.82) is 0 Å². The van der Waals surface area contributed by atoms with E-state index in [1.807, 2.05) is 25.1 Å². The molecule has 0 atom stereocenters. The Morgan fingerprint density at radius 3 is 2.88 bits per heavy atom. The van der Waals surface area contributed by atoms with E-state index >= 15 is 0 Å². The number of hydrogen-bond donors (Lipinski definition) is 2. The summed E-state index contributed by atoms with van der Waals surface area (Å²) < 4.78 is 0. The fraction of sp³-hybridized carbons (Fsp3) is 0.176. The van der Waals surface area contributed by atoms with E-state index in [9.17, 15) is 14.9 Å². The van der Waals surface area contributed by atoms with Crippen LogP contribution >= 0.6 is 0 Å². The summed E-state index contributed by atoms with van der Waals surface area (Å²) in [4.78, 5) is 21.7. The molecular weight excluding hydrogens is 308 g/mol. The molecule has 2 N–H and O–H groups in total. The number of rotatable bonds is 4. The van der Waals surface area contributed by atoms with Crippen LogP contribution < -0.4 is 10.7 Å². The van der Waals surface area contributed by atoms with Crippen LogP contribution in [-0.4, -0.2) is 16.5 Å². The average molecular weight is 324 g/mol. The highest BCUT2D eigenvalue weighted by molar-refractivity contribution is 6.01. The Labute approximate surface area is 138 Å². The predicted molar refractivity (Wildman–Crippen MR) is 92.3 cm³/mol. The molecule has 0 radical (unpaired) electrons. The highest BCUT2D eigenvalue weighted by Gasteiger charge is 2.15. The Morgan fingerprint density at radius 1 is 1.25 bits per heavy atom. The summed E-state index contributed by atoms with van der Waals surface area (Å²) in [5.74, 6) is 0.0352. The Balaban J connectivity index is 1.78. The van der Waals surface area contributed by atoms with Crippen LogP contribution in [0.4, 0.5) is 17.1 Å². The van der Waals surface area contributed by atoms with Crippen molar-refractivity contribution in [2.75, 3.05) is 10.7 Å². The highest BCUT2D eigenvalue weighted by atomic mass is 16.6. The molecule has 0 aromatic heterocycles. The minimum atomic E-state index is -0.445. The number of aryl methyl sites for hydroxylation is 1. The summed E-state index contributed by atoms with van der Waals surface area (Å²) in [6.07, 6.45) is 1.19. The summed E-state index contributed by atoms with van der Waals surface area (Å²) >= 11 is 0. The molecule has 2 aromatic carbocycles. The molecule has 7 heteroatoms. The number of non-ortho nitro benzene ring substituents is 1. The van der Waals surface area contributed by atoms with Crippen LogP contribution in [0.2, 0.25) is 0 Å². The second-order valence-electron chi connectivity index (χ2n) is 5.54. The summed E-state index contributed by atoms with van der Waals surface area (Å²) in [6, 6.07) is 11.9. The number of carbonyl (C=O) groups excluding carboxylic acids is 1. The first kappa shape index (κ1) is 15.7. The molecule has 1 amide bonds. The van der Waals surface area contributed by atoms with E-state index in [-0.39, 0.29) is 11.6 Å². The van der Waals surface area contributed by atoms with E-state index in [0.717, 1.165) is 22.5 Å². The van der Waals surface area contributed by atoms with Crippen molar-refractivity contribution >= 4 is 28.7 Å². The van der Waals surface area contributed by atoms with Crippen molar-refractivity contribution in [1.82, 2.24) is 0 Å². The number of anilines is 2. The fourth-order valence-corrected chi connectivity index (χ4v) is 2.51. The van der Waals surface area contributed by atoms with Gasteiger partial charge in [-0.2, -0.15) is 5.10 Å². The smallest absolute Gasteiger partial charge is 0.271 e. The predicted octanol–water partition coefficient (Wildman–Crippen LogP) is 3.32. The molecule has 24 heavy (non-hydrogen) atoms. The number of carbonyl (C=O) groups is 1. The molecule has 1 heterocycles. The molecule has 0 saturated carbocycles. The van der Waals surface area contributed by atoms with Gasteiger partial charge in [0, 0.05) is 24.2 Å². The Kier molecular flexibility index (Phi) is 4.24. The lowest BCUT2D eigenvalue weighted by atomic mass is 9.99. The third-order valence-electron chi connectivity index (χ3n) is 3.83. The Morgan fingerprint density at radius 2 is 2.08 bits per heavy atom. The zero-order chi connectivity index (χ0) is 17.1. The number of nitro benzene ring substituents is 1. The maximum absolute atomic E-state index is 11.4. The van der Waals surface area contributed by atoms with Gasteiger partial charge in [0.05, 0.1) is 16.3 Å². The third-order valence-corrected chi connectivity index (χ3v) is 3.83. The van der Waals surface area contributed by atoms with E-state index in [2.05, 4.69) is 15.8 Å². The number of nitro groups is 1. The maximum Gasteiger partial charge on any atom is 0.271 e. The van der Waals surface area contributed by atoms with Gasteiger partial charge in [-0.1, -0.05) is 12.1 Å². The Hall–Kier alpha value is -3.22. The number of fused-ring (bicyclic) bond motifs is 1. The quantitative estimate of drug-likeness (QED) is 0.512. The fourth-order valence-electron chi connectivity index (χ4n) is 2.51. The van der Waals surface area contributed by atoms with Crippen LogP contribution in [0.1, 0.15) is 24.5 Å². The van der Waals surface area contributed by atoms with Crippen molar-refractivity contribution < 1.29 is 9.72 Å². The van der Waals surface area contributed by atoms with Crippen LogP contribution in [0, 0.1) is 10.1 Å². The lowest BCUT2D eigenvalue weighted by molar-refractivity contribution is -0.384. The van der Waals surface area contributed by atoms with E-state index in [0.29, 0.717) is 18.5 Å². The summed E-state index contributed by atoms with van der Waals surface area (Å²) in [5, 5.41) is 17.9. The molecule has 0 unspecified atom stereocenters. The number of nitrogens with zero attached hydrogens (tertiary/aromatic N) is 2. The molecule has 0 aliphatic carbocycles. The van der Waals surface area contributed by atoms with Crippen molar-refractivity contribution in [3.63, 3.8) is 0 Å². The normalized spacial score (nSPS) is 13.9. The minimum Gasteiger partial charge on any atom is -0.326 e. The second-order valence-corrected chi connectivity index (χ2v) is 5.54. The van der Waals surface area contributed by atoms with Crippen LogP contribution in [0.3, 0.4) is 0 Å². The van der Waals surface area contributed by atoms with Crippen molar-refractivity contribution in [3.05, 3.63) is 63.7 Å². The molecule has 0 saturated heterocycles. The van der Waals surface area contributed by atoms with E-state index in [1.165, 1.54) is 12.1 Å². The van der Waals surface area contributed by atoms with Crippen LogP contribution in [0.15, 0.2) is 47.6 Å². The van der Waals surface area contributed by atoms with E-state index in [1.54, 1.807) is 12.1 Å². The number of hydrazone groups is 1. The highest BCUT2D eigenvalue weighted by Crippen LogP contribution is 2.24. The summed E-state index contributed by atoms with van der Waals surface area (Å²) in [6.45, 7) is 1.85. The molecule has 1 aliphatic rings. The van der Waals surface area contributed by atoms with Gasteiger partial charge >= 0.3 is 0 Å². The van der Waals surface area contributed by atoms with Crippen LogP contribution in [0.5, 0.6) is 0 Å². The van der Waals surface area contributed by atoms with Gasteiger partial charge in [0.1, 0.15) is 0 Å². The van der Waals surface area contributed by atoms with Gasteiger partial charge < -0.3 is 5.32 Å².